The number of benzene rings is 1. The summed E-state index contributed by atoms with van der Waals surface area (Å²) in [4.78, 5) is 0. The zero-order valence-electron chi connectivity index (χ0n) is 9.57. The Morgan fingerprint density at radius 3 is 2.76 bits per heavy atom. The van der Waals surface area contributed by atoms with Gasteiger partial charge in [0.15, 0.2) is 0 Å². The number of nitrogens with one attached hydrogen (secondary N) is 1. The van der Waals surface area contributed by atoms with Crippen molar-refractivity contribution in [2.24, 2.45) is 0 Å². The van der Waals surface area contributed by atoms with Gasteiger partial charge in [-0.1, -0.05) is 13.3 Å². The summed E-state index contributed by atoms with van der Waals surface area (Å²) >= 11 is 9.03. The summed E-state index contributed by atoms with van der Waals surface area (Å²) in [7, 11) is 0. The Kier molecular flexibility index (Phi) is 6.38. The zero-order valence-corrected chi connectivity index (χ0v) is 11.9. The molecule has 17 heavy (non-hydrogen) atoms. The van der Waals surface area contributed by atoms with Crippen molar-refractivity contribution in [3.8, 4) is 0 Å². The summed E-state index contributed by atoms with van der Waals surface area (Å²) in [6, 6.07) is 2.60. The summed E-state index contributed by atoms with van der Waals surface area (Å²) in [5, 5.41) is 2.96. The van der Waals surface area contributed by atoms with E-state index in [1.807, 2.05) is 6.92 Å². The third-order valence-corrected chi connectivity index (χ3v) is 3.39. The molecule has 0 heterocycles. The van der Waals surface area contributed by atoms with E-state index in [0.717, 1.165) is 12.8 Å². The zero-order chi connectivity index (χ0) is 12.8. The monoisotopic (exact) mass is 325 g/mol. The van der Waals surface area contributed by atoms with Crippen molar-refractivity contribution in [2.45, 2.75) is 31.7 Å². The van der Waals surface area contributed by atoms with Crippen LogP contribution in [-0.2, 0) is 6.54 Å². The lowest BCUT2D eigenvalue weighted by Crippen LogP contribution is -2.23. The van der Waals surface area contributed by atoms with Gasteiger partial charge in [-0.05, 0) is 34.5 Å². The minimum Gasteiger partial charge on any atom is -0.311 e. The van der Waals surface area contributed by atoms with Crippen LogP contribution in [0, 0.1) is 11.6 Å². The minimum atomic E-state index is -0.556. The molecular formula is C12H15BrClF2N. The van der Waals surface area contributed by atoms with E-state index in [1.165, 1.54) is 12.1 Å². The van der Waals surface area contributed by atoms with Gasteiger partial charge in [0.25, 0.3) is 0 Å². The fourth-order valence-electron chi connectivity index (χ4n) is 1.50. The van der Waals surface area contributed by atoms with Gasteiger partial charge in [0.1, 0.15) is 11.6 Å². The van der Waals surface area contributed by atoms with Gasteiger partial charge in [-0.25, -0.2) is 8.78 Å². The third kappa shape index (κ3) is 4.53. The summed E-state index contributed by atoms with van der Waals surface area (Å²) in [6.07, 6.45) is 1.88. The summed E-state index contributed by atoms with van der Waals surface area (Å²) in [5.41, 5.74) is 0.0414. The molecule has 1 N–H and O–H groups in total. The smallest absolute Gasteiger partial charge is 0.144 e. The van der Waals surface area contributed by atoms with Crippen molar-refractivity contribution >= 4 is 27.5 Å². The second-order valence-electron chi connectivity index (χ2n) is 3.84. The predicted octanol–water partition coefficient (Wildman–Crippen LogP) is 4.22. The average molecular weight is 327 g/mol. The molecule has 1 nitrogen and oxygen atoms in total. The molecule has 0 spiro atoms. The van der Waals surface area contributed by atoms with E-state index in [4.69, 9.17) is 11.6 Å². The first-order valence-electron chi connectivity index (χ1n) is 5.53. The van der Waals surface area contributed by atoms with E-state index in [9.17, 15) is 8.78 Å². The van der Waals surface area contributed by atoms with E-state index in [-0.39, 0.29) is 22.0 Å². The quantitative estimate of drug-likeness (QED) is 0.609. The van der Waals surface area contributed by atoms with Crippen LogP contribution in [0.15, 0.2) is 16.6 Å². The first kappa shape index (κ1) is 14.9. The highest BCUT2D eigenvalue weighted by atomic mass is 79.9. The largest absolute Gasteiger partial charge is 0.311 e. The van der Waals surface area contributed by atoms with Crippen LogP contribution in [0.25, 0.3) is 0 Å². The molecule has 1 unspecified atom stereocenters. The van der Waals surface area contributed by atoms with Crippen LogP contribution in [0.4, 0.5) is 8.78 Å². The van der Waals surface area contributed by atoms with Gasteiger partial charge in [-0.3, -0.25) is 0 Å². The molecule has 96 valence electrons. The highest BCUT2D eigenvalue weighted by Gasteiger charge is 2.12. The number of hydrogen-bond acceptors (Lipinski definition) is 1. The fourth-order valence-corrected chi connectivity index (χ4v) is 2.20. The second-order valence-corrected chi connectivity index (χ2v) is 5.31. The maximum absolute atomic E-state index is 13.6. The Balaban J connectivity index is 2.55. The molecule has 5 heteroatoms. The van der Waals surface area contributed by atoms with Crippen LogP contribution in [-0.4, -0.2) is 11.9 Å². The van der Waals surface area contributed by atoms with E-state index in [0.29, 0.717) is 6.54 Å². The predicted molar refractivity (Wildman–Crippen MR) is 70.3 cm³/mol. The Labute approximate surface area is 114 Å². The Hall–Kier alpha value is -0.190. The molecule has 1 aromatic carbocycles. The van der Waals surface area contributed by atoms with Crippen molar-refractivity contribution < 1.29 is 8.78 Å². The van der Waals surface area contributed by atoms with E-state index in [2.05, 4.69) is 21.2 Å². The standard InChI is InChI=1S/C12H15BrClF2N/c1-2-3-8(14)6-17-7-9-11(15)5-4-10(13)12(9)16/h4-5,8,17H,2-3,6-7H2,1H3. The minimum absolute atomic E-state index is 0.00160. The molecule has 1 rings (SSSR count). The normalized spacial score (nSPS) is 12.8. The first-order valence-corrected chi connectivity index (χ1v) is 6.76. The number of alkyl halides is 1. The highest BCUT2D eigenvalue weighted by molar-refractivity contribution is 9.10. The fraction of sp³-hybridized carbons (Fsp3) is 0.500. The van der Waals surface area contributed by atoms with Crippen LogP contribution >= 0.6 is 27.5 Å². The van der Waals surface area contributed by atoms with Crippen LogP contribution < -0.4 is 5.32 Å². The van der Waals surface area contributed by atoms with Gasteiger partial charge in [0.2, 0.25) is 0 Å². The molecule has 0 aliphatic carbocycles. The Bertz CT molecular complexity index is 374. The lowest BCUT2D eigenvalue weighted by atomic mass is 10.2. The molecule has 1 aromatic rings. The van der Waals surface area contributed by atoms with Crippen molar-refractivity contribution in [3.63, 3.8) is 0 Å². The molecule has 1 atom stereocenters. The second kappa shape index (κ2) is 7.29. The Morgan fingerprint density at radius 1 is 1.41 bits per heavy atom. The number of halogens is 4. The lowest BCUT2D eigenvalue weighted by Gasteiger charge is -2.11. The molecule has 0 saturated carbocycles. The van der Waals surface area contributed by atoms with Gasteiger partial charge < -0.3 is 5.32 Å². The van der Waals surface area contributed by atoms with Crippen LogP contribution in [0.5, 0.6) is 0 Å². The SMILES string of the molecule is CCCC(Cl)CNCc1c(F)ccc(Br)c1F. The molecule has 0 saturated heterocycles. The van der Waals surface area contributed by atoms with Gasteiger partial charge in [-0.15, -0.1) is 11.6 Å². The average Bonchev–Trinajstić information content (AvgIpc) is 2.29. The van der Waals surface area contributed by atoms with Crippen LogP contribution in [0.2, 0.25) is 0 Å². The molecule has 0 fully saturated rings. The Morgan fingerprint density at radius 2 is 2.12 bits per heavy atom. The van der Waals surface area contributed by atoms with Crippen molar-refractivity contribution in [2.75, 3.05) is 6.54 Å². The van der Waals surface area contributed by atoms with Gasteiger partial charge in [-0.2, -0.15) is 0 Å². The van der Waals surface area contributed by atoms with E-state index in [1.54, 1.807) is 0 Å². The van der Waals surface area contributed by atoms with Gasteiger partial charge in [0.05, 0.1) is 4.47 Å². The lowest BCUT2D eigenvalue weighted by molar-refractivity contribution is 0.527. The van der Waals surface area contributed by atoms with Crippen molar-refractivity contribution in [1.82, 2.24) is 5.32 Å². The van der Waals surface area contributed by atoms with E-state index < -0.39 is 11.6 Å². The summed E-state index contributed by atoms with van der Waals surface area (Å²) in [5.74, 6) is -1.10. The number of hydrogen-bond donors (Lipinski definition) is 1. The molecule has 0 radical (unpaired) electrons. The molecule has 0 aromatic heterocycles. The van der Waals surface area contributed by atoms with Gasteiger partial charge >= 0.3 is 0 Å². The maximum atomic E-state index is 13.6. The topological polar surface area (TPSA) is 12.0 Å². The molecule has 0 aliphatic heterocycles. The van der Waals surface area contributed by atoms with Crippen molar-refractivity contribution in [1.29, 1.82) is 0 Å². The molecule has 0 bridgehead atoms. The van der Waals surface area contributed by atoms with Gasteiger partial charge in [0, 0.05) is 24.0 Å². The molecule has 0 aliphatic rings. The van der Waals surface area contributed by atoms with Crippen molar-refractivity contribution in [3.05, 3.63) is 33.8 Å². The highest BCUT2D eigenvalue weighted by Crippen LogP contribution is 2.21. The summed E-state index contributed by atoms with van der Waals surface area (Å²) in [6.45, 7) is 2.73. The summed E-state index contributed by atoms with van der Waals surface area (Å²) < 4.78 is 27.2. The molecular weight excluding hydrogens is 311 g/mol. The third-order valence-electron chi connectivity index (χ3n) is 2.41. The van der Waals surface area contributed by atoms with Crippen LogP contribution in [0.1, 0.15) is 25.3 Å². The maximum Gasteiger partial charge on any atom is 0.144 e. The van der Waals surface area contributed by atoms with E-state index >= 15 is 0 Å². The number of rotatable bonds is 6. The molecule has 0 amide bonds. The first-order chi connectivity index (χ1) is 8.06. The van der Waals surface area contributed by atoms with Crippen LogP contribution in [0.3, 0.4) is 0 Å².